The molecule has 0 saturated carbocycles. The first-order chi connectivity index (χ1) is 9.49. The molecule has 104 valence electrons. The second-order valence-electron chi connectivity index (χ2n) is 4.48. The number of amides is 1. The van der Waals surface area contributed by atoms with Crippen LogP contribution in [0.15, 0.2) is 42.5 Å². The Morgan fingerprint density at radius 1 is 1.30 bits per heavy atom. The second kappa shape index (κ2) is 5.92. The molecule has 0 bridgehead atoms. The monoisotopic (exact) mass is 292 g/mol. The fourth-order valence-corrected chi connectivity index (χ4v) is 2.11. The molecule has 3 N–H and O–H groups in total. The smallest absolute Gasteiger partial charge is 0.244 e. The van der Waals surface area contributed by atoms with Gasteiger partial charge < -0.3 is 11.1 Å². The normalized spacial score (nSPS) is 11.9. The van der Waals surface area contributed by atoms with Gasteiger partial charge in [0.15, 0.2) is 0 Å². The minimum Gasteiger partial charge on any atom is -0.369 e. The predicted octanol–water partition coefficient (Wildman–Crippen LogP) is 3.43. The summed E-state index contributed by atoms with van der Waals surface area (Å²) in [5.41, 5.74) is 6.95. The van der Waals surface area contributed by atoms with Gasteiger partial charge in [-0.15, -0.1) is 0 Å². The molecule has 1 amide bonds. The summed E-state index contributed by atoms with van der Waals surface area (Å²) in [6.07, 6.45) is 0. The SMILES string of the molecule is Cc1ccc(F)c(C(Nc2ccccc2Cl)C(N)=O)c1. The average molecular weight is 293 g/mol. The summed E-state index contributed by atoms with van der Waals surface area (Å²) in [4.78, 5) is 11.6. The summed E-state index contributed by atoms with van der Waals surface area (Å²) >= 11 is 6.02. The lowest BCUT2D eigenvalue weighted by Crippen LogP contribution is -2.28. The van der Waals surface area contributed by atoms with E-state index in [1.54, 1.807) is 36.4 Å². The van der Waals surface area contributed by atoms with Crippen LogP contribution in [-0.4, -0.2) is 5.91 Å². The van der Waals surface area contributed by atoms with E-state index in [2.05, 4.69) is 5.32 Å². The van der Waals surface area contributed by atoms with Gasteiger partial charge in [0.2, 0.25) is 5.91 Å². The third-order valence-electron chi connectivity index (χ3n) is 2.92. The van der Waals surface area contributed by atoms with Crippen LogP contribution in [0.2, 0.25) is 5.02 Å². The molecule has 0 fully saturated rings. The Morgan fingerprint density at radius 2 is 2.00 bits per heavy atom. The first-order valence-electron chi connectivity index (χ1n) is 6.05. The van der Waals surface area contributed by atoms with Gasteiger partial charge in [0, 0.05) is 5.56 Å². The number of nitrogens with two attached hydrogens (primary N) is 1. The lowest BCUT2D eigenvalue weighted by atomic mass is 10.0. The van der Waals surface area contributed by atoms with Crippen molar-refractivity contribution in [3.05, 3.63) is 64.4 Å². The molecule has 0 aromatic heterocycles. The predicted molar refractivity (Wildman–Crippen MR) is 78.1 cm³/mol. The number of hydrogen-bond donors (Lipinski definition) is 2. The van der Waals surface area contributed by atoms with Crippen LogP contribution in [-0.2, 0) is 4.79 Å². The van der Waals surface area contributed by atoms with Crippen LogP contribution >= 0.6 is 11.6 Å². The molecule has 2 aromatic carbocycles. The molecule has 0 saturated heterocycles. The molecule has 0 spiro atoms. The van der Waals surface area contributed by atoms with Crippen LogP contribution in [0, 0.1) is 12.7 Å². The van der Waals surface area contributed by atoms with Crippen molar-refractivity contribution in [2.45, 2.75) is 13.0 Å². The molecule has 1 unspecified atom stereocenters. The minimum absolute atomic E-state index is 0.206. The lowest BCUT2D eigenvalue weighted by Gasteiger charge is -2.19. The lowest BCUT2D eigenvalue weighted by molar-refractivity contribution is -0.118. The first kappa shape index (κ1) is 14.3. The number of para-hydroxylation sites is 1. The fourth-order valence-electron chi connectivity index (χ4n) is 1.92. The molecule has 5 heteroatoms. The van der Waals surface area contributed by atoms with Crippen LogP contribution in [0.25, 0.3) is 0 Å². The van der Waals surface area contributed by atoms with Gasteiger partial charge >= 0.3 is 0 Å². The Bertz CT molecular complexity index is 646. The maximum absolute atomic E-state index is 13.9. The van der Waals surface area contributed by atoms with Crippen LogP contribution in [0.1, 0.15) is 17.2 Å². The van der Waals surface area contributed by atoms with Crippen molar-refractivity contribution in [2.24, 2.45) is 5.73 Å². The fraction of sp³-hybridized carbons (Fsp3) is 0.133. The highest BCUT2D eigenvalue weighted by molar-refractivity contribution is 6.33. The van der Waals surface area contributed by atoms with Gasteiger partial charge in [-0.25, -0.2) is 4.39 Å². The number of primary amides is 1. The molecule has 0 heterocycles. The highest BCUT2D eigenvalue weighted by Crippen LogP contribution is 2.27. The van der Waals surface area contributed by atoms with Crippen molar-refractivity contribution < 1.29 is 9.18 Å². The molecule has 0 radical (unpaired) electrons. The van der Waals surface area contributed by atoms with Crippen molar-refractivity contribution in [1.29, 1.82) is 0 Å². The quantitative estimate of drug-likeness (QED) is 0.907. The summed E-state index contributed by atoms with van der Waals surface area (Å²) < 4.78 is 13.9. The third kappa shape index (κ3) is 3.08. The molecule has 20 heavy (non-hydrogen) atoms. The number of rotatable bonds is 4. The zero-order valence-corrected chi connectivity index (χ0v) is 11.6. The molecule has 0 aliphatic rings. The van der Waals surface area contributed by atoms with Gasteiger partial charge in [0.25, 0.3) is 0 Å². The van der Waals surface area contributed by atoms with E-state index in [0.29, 0.717) is 10.7 Å². The van der Waals surface area contributed by atoms with E-state index in [1.165, 1.54) is 6.07 Å². The summed E-state index contributed by atoms with van der Waals surface area (Å²) in [6.45, 7) is 1.82. The number of aryl methyl sites for hydroxylation is 1. The van der Waals surface area contributed by atoms with E-state index in [4.69, 9.17) is 17.3 Å². The molecule has 0 aliphatic heterocycles. The zero-order valence-electron chi connectivity index (χ0n) is 10.9. The second-order valence-corrected chi connectivity index (χ2v) is 4.89. The van der Waals surface area contributed by atoms with Crippen molar-refractivity contribution in [1.82, 2.24) is 0 Å². The molecule has 0 aliphatic carbocycles. The van der Waals surface area contributed by atoms with Crippen LogP contribution in [0.5, 0.6) is 0 Å². The third-order valence-corrected chi connectivity index (χ3v) is 3.25. The largest absolute Gasteiger partial charge is 0.369 e. The number of carbonyl (C=O) groups excluding carboxylic acids is 1. The van der Waals surface area contributed by atoms with Gasteiger partial charge in [-0.1, -0.05) is 41.4 Å². The Hall–Kier alpha value is -2.07. The molecule has 2 rings (SSSR count). The van der Waals surface area contributed by atoms with Gasteiger partial charge in [-0.05, 0) is 25.1 Å². The Kier molecular flexibility index (Phi) is 4.25. The summed E-state index contributed by atoms with van der Waals surface area (Å²) in [5.74, 6) is -1.16. The topological polar surface area (TPSA) is 55.1 Å². The number of benzene rings is 2. The maximum Gasteiger partial charge on any atom is 0.244 e. The Labute approximate surface area is 121 Å². The molecule has 2 aromatic rings. The average Bonchev–Trinajstić information content (AvgIpc) is 2.40. The van der Waals surface area contributed by atoms with E-state index in [1.807, 2.05) is 6.92 Å². The number of halogens is 2. The summed E-state index contributed by atoms with van der Waals surface area (Å²) in [6, 6.07) is 10.5. The number of hydrogen-bond acceptors (Lipinski definition) is 2. The minimum atomic E-state index is -0.977. The molecule has 1 atom stereocenters. The summed E-state index contributed by atoms with van der Waals surface area (Å²) in [7, 11) is 0. The molecular weight excluding hydrogens is 279 g/mol. The highest BCUT2D eigenvalue weighted by atomic mass is 35.5. The standard InChI is InChI=1S/C15H14ClFN2O/c1-9-6-7-12(17)10(8-9)14(15(18)20)19-13-5-3-2-4-11(13)16/h2-8,14,19H,1H3,(H2,18,20). The van der Waals surface area contributed by atoms with Gasteiger partial charge in [0.05, 0.1) is 10.7 Å². The van der Waals surface area contributed by atoms with Crippen LogP contribution in [0.4, 0.5) is 10.1 Å². The maximum atomic E-state index is 13.9. The van der Waals surface area contributed by atoms with Crippen LogP contribution in [0.3, 0.4) is 0 Å². The van der Waals surface area contributed by atoms with Crippen molar-refractivity contribution in [2.75, 3.05) is 5.32 Å². The summed E-state index contributed by atoms with van der Waals surface area (Å²) in [5, 5.41) is 3.32. The van der Waals surface area contributed by atoms with E-state index in [0.717, 1.165) is 5.56 Å². The van der Waals surface area contributed by atoms with Crippen molar-refractivity contribution in [3.8, 4) is 0 Å². The Morgan fingerprint density at radius 3 is 2.65 bits per heavy atom. The van der Waals surface area contributed by atoms with E-state index < -0.39 is 17.8 Å². The van der Waals surface area contributed by atoms with E-state index >= 15 is 0 Å². The number of carbonyl (C=O) groups is 1. The highest BCUT2D eigenvalue weighted by Gasteiger charge is 2.22. The van der Waals surface area contributed by atoms with Gasteiger partial charge in [-0.3, -0.25) is 4.79 Å². The van der Waals surface area contributed by atoms with Crippen molar-refractivity contribution in [3.63, 3.8) is 0 Å². The molecular formula is C15H14ClFN2O. The first-order valence-corrected chi connectivity index (χ1v) is 6.43. The van der Waals surface area contributed by atoms with E-state index in [-0.39, 0.29) is 5.56 Å². The van der Waals surface area contributed by atoms with Gasteiger partial charge in [0.1, 0.15) is 11.9 Å². The molecule has 3 nitrogen and oxygen atoms in total. The van der Waals surface area contributed by atoms with Crippen LogP contribution < -0.4 is 11.1 Å². The number of anilines is 1. The number of nitrogens with one attached hydrogen (secondary N) is 1. The van der Waals surface area contributed by atoms with E-state index in [9.17, 15) is 9.18 Å². The zero-order chi connectivity index (χ0) is 14.7. The Balaban J connectivity index is 2.40. The van der Waals surface area contributed by atoms with Gasteiger partial charge in [-0.2, -0.15) is 0 Å². The van der Waals surface area contributed by atoms with Crippen molar-refractivity contribution >= 4 is 23.2 Å².